The molecule has 0 aromatic heterocycles. The van der Waals surface area contributed by atoms with Crippen molar-refractivity contribution in [3.63, 3.8) is 0 Å². The van der Waals surface area contributed by atoms with Crippen molar-refractivity contribution in [1.82, 2.24) is 0 Å². The van der Waals surface area contributed by atoms with Gasteiger partial charge in [0.1, 0.15) is 0 Å². The summed E-state index contributed by atoms with van der Waals surface area (Å²) >= 11 is 0. The lowest BCUT2D eigenvalue weighted by atomic mass is 9.67. The molecule has 3 aromatic carbocycles. The number of nitrogens with zero attached hydrogens (tertiary/aromatic N) is 1. The quantitative estimate of drug-likeness (QED) is 0.418. The van der Waals surface area contributed by atoms with Gasteiger partial charge in [-0.25, -0.2) is 0 Å². The van der Waals surface area contributed by atoms with E-state index in [1.54, 1.807) is 6.07 Å². The summed E-state index contributed by atoms with van der Waals surface area (Å²) in [5.41, 5.74) is 6.90. The molecule has 2 fully saturated rings. The third kappa shape index (κ3) is 2.12. The largest absolute Gasteiger partial charge is 0.378 e. The molecule has 30 heavy (non-hydrogen) atoms. The predicted molar refractivity (Wildman–Crippen MR) is 118 cm³/mol. The molecule has 1 aliphatic heterocycles. The Morgan fingerprint density at radius 1 is 0.933 bits per heavy atom. The second-order valence-corrected chi connectivity index (χ2v) is 9.74. The molecule has 0 unspecified atom stereocenters. The summed E-state index contributed by atoms with van der Waals surface area (Å²) in [6.07, 6.45) is 6.14. The average molecular weight is 396 g/mol. The summed E-state index contributed by atoms with van der Waals surface area (Å²) in [6, 6.07) is 17.3. The van der Waals surface area contributed by atoms with Crippen LogP contribution in [-0.2, 0) is 12.8 Å². The number of hydrogen-bond donors (Lipinski definition) is 1. The summed E-state index contributed by atoms with van der Waals surface area (Å²) in [5, 5.41) is 18.2. The van der Waals surface area contributed by atoms with Crippen LogP contribution in [0.3, 0.4) is 0 Å². The highest BCUT2D eigenvalue weighted by Gasteiger charge is 2.54. The number of aryl methyl sites for hydroxylation is 2. The molecule has 1 heterocycles. The van der Waals surface area contributed by atoms with E-state index in [-0.39, 0.29) is 16.7 Å². The van der Waals surface area contributed by atoms with E-state index in [1.165, 1.54) is 52.3 Å². The molecule has 150 valence electrons. The van der Waals surface area contributed by atoms with Crippen LogP contribution in [0.2, 0.25) is 0 Å². The maximum Gasteiger partial charge on any atom is 0.269 e. The number of nitro benzene ring substituents is 1. The highest BCUT2D eigenvalue weighted by Crippen LogP contribution is 2.64. The molecule has 2 bridgehead atoms. The lowest BCUT2D eigenvalue weighted by molar-refractivity contribution is -0.384. The monoisotopic (exact) mass is 396 g/mol. The number of anilines is 1. The van der Waals surface area contributed by atoms with Gasteiger partial charge in [-0.3, -0.25) is 10.1 Å². The van der Waals surface area contributed by atoms with E-state index in [1.807, 2.05) is 12.1 Å². The van der Waals surface area contributed by atoms with Crippen LogP contribution in [0.15, 0.2) is 48.5 Å². The molecule has 2 saturated carbocycles. The van der Waals surface area contributed by atoms with Crippen molar-refractivity contribution in [2.45, 2.75) is 44.1 Å². The zero-order valence-corrected chi connectivity index (χ0v) is 16.8. The number of nitro groups is 1. The molecule has 3 aliphatic carbocycles. The molecular weight excluding hydrogens is 372 g/mol. The fraction of sp³-hybridized carbons (Fsp3) is 0.385. The standard InChI is InChI=1S/C26H24N2O2/c29-28(30)18-9-11-22-21(13-18)24-16-6-7-17(12-16)25(24)26(27-22)20-10-8-15-5-4-14-2-1-3-19(20)23(14)15/h1-3,8-11,13,16-17,24-27H,4-7,12H2/t16-,17-,24-,25-,26-/m0/s1. The molecule has 5 atom stereocenters. The molecule has 0 amide bonds. The fourth-order valence-corrected chi connectivity index (χ4v) is 7.44. The van der Waals surface area contributed by atoms with Crippen molar-refractivity contribution in [2.75, 3.05) is 5.32 Å². The summed E-state index contributed by atoms with van der Waals surface area (Å²) in [6.45, 7) is 0. The minimum atomic E-state index is -0.252. The Labute approximate surface area is 175 Å². The first-order valence-corrected chi connectivity index (χ1v) is 11.3. The number of nitrogens with one attached hydrogen (secondary N) is 1. The zero-order chi connectivity index (χ0) is 20.0. The highest BCUT2D eigenvalue weighted by molar-refractivity contribution is 5.94. The first-order chi connectivity index (χ1) is 14.7. The molecule has 1 N–H and O–H groups in total. The maximum absolute atomic E-state index is 11.4. The van der Waals surface area contributed by atoms with Crippen molar-refractivity contribution >= 4 is 22.1 Å². The van der Waals surface area contributed by atoms with E-state index in [0.717, 1.165) is 18.5 Å². The second-order valence-electron chi connectivity index (χ2n) is 9.74. The molecule has 0 radical (unpaired) electrons. The second kappa shape index (κ2) is 5.84. The third-order valence-electron chi connectivity index (χ3n) is 8.53. The summed E-state index contributed by atoms with van der Waals surface area (Å²) < 4.78 is 0. The van der Waals surface area contributed by atoms with Crippen molar-refractivity contribution in [3.8, 4) is 0 Å². The Kier molecular flexibility index (Phi) is 3.28. The van der Waals surface area contributed by atoms with Crippen LogP contribution in [0.4, 0.5) is 11.4 Å². The van der Waals surface area contributed by atoms with Gasteiger partial charge in [-0.1, -0.05) is 30.3 Å². The van der Waals surface area contributed by atoms with Gasteiger partial charge in [-0.05, 0) is 94.9 Å². The minimum absolute atomic E-state index is 0.223. The fourth-order valence-electron chi connectivity index (χ4n) is 7.44. The smallest absolute Gasteiger partial charge is 0.269 e. The normalized spacial score (nSPS) is 30.2. The summed E-state index contributed by atoms with van der Waals surface area (Å²) in [5.74, 6) is 2.35. The van der Waals surface area contributed by atoms with Crippen molar-refractivity contribution in [2.24, 2.45) is 17.8 Å². The van der Waals surface area contributed by atoms with Gasteiger partial charge in [0, 0.05) is 17.8 Å². The number of benzene rings is 3. The summed E-state index contributed by atoms with van der Waals surface area (Å²) in [4.78, 5) is 11.2. The van der Waals surface area contributed by atoms with Gasteiger partial charge in [0.25, 0.3) is 5.69 Å². The van der Waals surface area contributed by atoms with Crippen LogP contribution in [0.1, 0.15) is 53.5 Å². The van der Waals surface area contributed by atoms with Gasteiger partial charge in [-0.2, -0.15) is 0 Å². The molecule has 0 saturated heterocycles. The van der Waals surface area contributed by atoms with Gasteiger partial charge in [0.15, 0.2) is 0 Å². The Hall–Kier alpha value is -2.88. The van der Waals surface area contributed by atoms with E-state index >= 15 is 0 Å². The Balaban J connectivity index is 1.43. The maximum atomic E-state index is 11.4. The molecule has 3 aromatic rings. The van der Waals surface area contributed by atoms with Gasteiger partial charge in [-0.15, -0.1) is 0 Å². The molecule has 4 heteroatoms. The first-order valence-electron chi connectivity index (χ1n) is 11.3. The Morgan fingerprint density at radius 2 is 1.77 bits per heavy atom. The van der Waals surface area contributed by atoms with E-state index in [2.05, 4.69) is 35.6 Å². The van der Waals surface area contributed by atoms with Gasteiger partial charge < -0.3 is 5.32 Å². The van der Waals surface area contributed by atoms with E-state index in [4.69, 9.17) is 0 Å². The van der Waals surface area contributed by atoms with E-state index in [9.17, 15) is 10.1 Å². The van der Waals surface area contributed by atoms with Crippen LogP contribution in [0.25, 0.3) is 10.8 Å². The lowest BCUT2D eigenvalue weighted by Crippen LogP contribution is -2.35. The van der Waals surface area contributed by atoms with Gasteiger partial charge >= 0.3 is 0 Å². The van der Waals surface area contributed by atoms with E-state index in [0.29, 0.717) is 23.7 Å². The predicted octanol–water partition coefficient (Wildman–Crippen LogP) is 6.14. The Bertz CT molecular complexity index is 1220. The minimum Gasteiger partial charge on any atom is -0.378 e. The number of non-ortho nitro benzene ring substituents is 1. The van der Waals surface area contributed by atoms with Gasteiger partial charge in [0.2, 0.25) is 0 Å². The van der Waals surface area contributed by atoms with Crippen molar-refractivity contribution < 1.29 is 4.92 Å². The number of hydrogen-bond acceptors (Lipinski definition) is 3. The average Bonchev–Trinajstić information content (AvgIpc) is 3.49. The van der Waals surface area contributed by atoms with Crippen LogP contribution in [0, 0.1) is 27.9 Å². The van der Waals surface area contributed by atoms with Crippen LogP contribution in [0.5, 0.6) is 0 Å². The van der Waals surface area contributed by atoms with Crippen LogP contribution < -0.4 is 5.32 Å². The van der Waals surface area contributed by atoms with Crippen molar-refractivity contribution in [1.29, 1.82) is 0 Å². The Morgan fingerprint density at radius 3 is 2.63 bits per heavy atom. The molecule has 4 aliphatic rings. The highest BCUT2D eigenvalue weighted by atomic mass is 16.6. The molecular formula is C26H24N2O2. The topological polar surface area (TPSA) is 55.2 Å². The lowest BCUT2D eigenvalue weighted by Gasteiger charge is -2.43. The van der Waals surface area contributed by atoms with E-state index < -0.39 is 0 Å². The van der Waals surface area contributed by atoms with Crippen LogP contribution in [-0.4, -0.2) is 4.92 Å². The van der Waals surface area contributed by atoms with Crippen molar-refractivity contribution in [3.05, 3.63) is 80.9 Å². The number of rotatable bonds is 2. The molecule has 0 spiro atoms. The summed E-state index contributed by atoms with van der Waals surface area (Å²) in [7, 11) is 0. The zero-order valence-electron chi connectivity index (χ0n) is 16.8. The molecule has 4 nitrogen and oxygen atoms in total. The van der Waals surface area contributed by atoms with Gasteiger partial charge in [0.05, 0.1) is 11.0 Å². The molecule has 7 rings (SSSR count). The third-order valence-corrected chi connectivity index (χ3v) is 8.53. The van der Waals surface area contributed by atoms with Crippen LogP contribution >= 0.6 is 0 Å². The number of fused-ring (bicyclic) bond motifs is 7. The first kappa shape index (κ1) is 16.9. The SMILES string of the molecule is O=[N+]([O-])c1ccc2c(c1)[C@@H]1[C@H]3CC[C@@H](C3)[C@@H]1[C@H](c1ccc3c4c(cccc14)CC3)N2.